The van der Waals surface area contributed by atoms with Gasteiger partial charge in [0.1, 0.15) is 6.54 Å². The van der Waals surface area contributed by atoms with Crippen molar-refractivity contribution in [2.45, 2.75) is 13.3 Å². The Morgan fingerprint density at radius 1 is 1.56 bits per heavy atom. The first kappa shape index (κ1) is 12.2. The Labute approximate surface area is 93.9 Å². The maximum atomic E-state index is 10.5. The first-order valence-electron chi connectivity index (χ1n) is 5.01. The lowest BCUT2D eigenvalue weighted by atomic mass is 10.5. The van der Waals surface area contributed by atoms with Crippen LogP contribution < -0.4 is 9.64 Å². The van der Waals surface area contributed by atoms with Crippen LogP contribution in [0.2, 0.25) is 0 Å². The van der Waals surface area contributed by atoms with Crippen LogP contribution in [-0.4, -0.2) is 41.2 Å². The minimum atomic E-state index is -0.913. The van der Waals surface area contributed by atoms with Crippen LogP contribution in [0.3, 0.4) is 0 Å². The van der Waals surface area contributed by atoms with Crippen molar-refractivity contribution in [3.63, 3.8) is 0 Å². The summed E-state index contributed by atoms with van der Waals surface area (Å²) in [4.78, 5) is 20.1. The largest absolute Gasteiger partial charge is 0.480 e. The molecule has 1 rings (SSSR count). The summed E-state index contributed by atoms with van der Waals surface area (Å²) in [6, 6.07) is 0. The number of hydrogen-bond acceptors (Lipinski definition) is 5. The molecule has 0 saturated carbocycles. The van der Waals surface area contributed by atoms with Gasteiger partial charge in [-0.2, -0.15) is 4.98 Å². The number of ether oxygens (including phenoxy) is 1. The molecule has 0 bridgehead atoms. The molecule has 0 aliphatic heterocycles. The molecule has 0 spiro atoms. The van der Waals surface area contributed by atoms with Gasteiger partial charge in [-0.25, -0.2) is 0 Å². The third-order valence-electron chi connectivity index (χ3n) is 1.82. The van der Waals surface area contributed by atoms with Crippen molar-refractivity contribution >= 4 is 11.8 Å². The average molecular weight is 225 g/mol. The Kier molecular flexibility index (Phi) is 4.50. The van der Waals surface area contributed by atoms with Gasteiger partial charge in [0.25, 0.3) is 0 Å². The van der Waals surface area contributed by atoms with Gasteiger partial charge in [-0.3, -0.25) is 9.78 Å². The van der Waals surface area contributed by atoms with Crippen molar-refractivity contribution in [2.75, 3.05) is 25.1 Å². The van der Waals surface area contributed by atoms with Crippen LogP contribution in [0, 0.1) is 0 Å². The Bertz CT molecular complexity index is 357. The van der Waals surface area contributed by atoms with Crippen LogP contribution in [0.4, 0.5) is 5.82 Å². The van der Waals surface area contributed by atoms with E-state index in [-0.39, 0.29) is 6.54 Å². The molecule has 0 aliphatic carbocycles. The standard InChI is InChI=1S/C10H15N3O3/c1-3-4-16-9-6-11-5-8(12-9)13(2)7-10(14)15/h5-6H,3-4,7H2,1-2H3,(H,14,15). The molecule has 1 aromatic heterocycles. The number of rotatable bonds is 6. The second-order valence-corrected chi connectivity index (χ2v) is 3.31. The van der Waals surface area contributed by atoms with Crippen molar-refractivity contribution in [3.05, 3.63) is 12.4 Å². The Hall–Kier alpha value is -1.85. The molecule has 0 unspecified atom stereocenters. The number of aromatic nitrogens is 2. The van der Waals surface area contributed by atoms with Crippen molar-refractivity contribution in [3.8, 4) is 5.88 Å². The topological polar surface area (TPSA) is 75.5 Å². The minimum absolute atomic E-state index is 0.119. The second-order valence-electron chi connectivity index (χ2n) is 3.31. The normalized spacial score (nSPS) is 9.88. The van der Waals surface area contributed by atoms with Crippen LogP contribution in [0.15, 0.2) is 12.4 Å². The first-order valence-corrected chi connectivity index (χ1v) is 5.01. The number of anilines is 1. The number of hydrogen-bond donors (Lipinski definition) is 1. The van der Waals surface area contributed by atoms with E-state index in [1.165, 1.54) is 17.3 Å². The Morgan fingerprint density at radius 3 is 2.94 bits per heavy atom. The minimum Gasteiger partial charge on any atom is -0.480 e. The second kappa shape index (κ2) is 5.89. The number of aliphatic carboxylic acids is 1. The van der Waals surface area contributed by atoms with E-state index in [0.29, 0.717) is 18.3 Å². The zero-order valence-electron chi connectivity index (χ0n) is 9.38. The molecule has 0 saturated heterocycles. The molecule has 6 heteroatoms. The van der Waals surface area contributed by atoms with Gasteiger partial charge in [0.05, 0.1) is 19.0 Å². The van der Waals surface area contributed by atoms with E-state index in [2.05, 4.69) is 9.97 Å². The van der Waals surface area contributed by atoms with Crippen molar-refractivity contribution in [1.82, 2.24) is 9.97 Å². The molecular weight excluding hydrogens is 210 g/mol. The molecule has 0 radical (unpaired) electrons. The predicted octanol–water partition coefficient (Wildman–Crippen LogP) is 0.786. The fourth-order valence-electron chi connectivity index (χ4n) is 1.08. The highest BCUT2D eigenvalue weighted by Gasteiger charge is 2.08. The van der Waals surface area contributed by atoms with Crippen LogP contribution in [-0.2, 0) is 4.79 Å². The Balaban J connectivity index is 2.69. The molecule has 0 aliphatic rings. The molecule has 1 N–H and O–H groups in total. The molecule has 88 valence electrons. The van der Waals surface area contributed by atoms with Crippen LogP contribution >= 0.6 is 0 Å². The van der Waals surface area contributed by atoms with Crippen LogP contribution in [0.25, 0.3) is 0 Å². The zero-order valence-corrected chi connectivity index (χ0v) is 9.38. The quantitative estimate of drug-likeness (QED) is 0.771. The molecule has 1 heterocycles. The fourth-order valence-corrected chi connectivity index (χ4v) is 1.08. The monoisotopic (exact) mass is 225 g/mol. The summed E-state index contributed by atoms with van der Waals surface area (Å²) in [5, 5.41) is 8.63. The summed E-state index contributed by atoms with van der Waals surface area (Å²) in [5.41, 5.74) is 0. The van der Waals surface area contributed by atoms with E-state index < -0.39 is 5.97 Å². The third-order valence-corrected chi connectivity index (χ3v) is 1.82. The van der Waals surface area contributed by atoms with Gasteiger partial charge in [0.2, 0.25) is 5.88 Å². The highest BCUT2D eigenvalue weighted by Crippen LogP contribution is 2.12. The summed E-state index contributed by atoms with van der Waals surface area (Å²) < 4.78 is 5.30. The number of carboxylic acid groups (broad SMARTS) is 1. The third kappa shape index (κ3) is 3.72. The highest BCUT2D eigenvalue weighted by atomic mass is 16.5. The van der Waals surface area contributed by atoms with Gasteiger partial charge in [-0.05, 0) is 6.42 Å². The molecule has 1 aromatic rings. The molecule has 0 fully saturated rings. The lowest BCUT2D eigenvalue weighted by Gasteiger charge is -2.15. The van der Waals surface area contributed by atoms with Gasteiger partial charge in [-0.15, -0.1) is 0 Å². The van der Waals surface area contributed by atoms with Gasteiger partial charge < -0.3 is 14.7 Å². The maximum Gasteiger partial charge on any atom is 0.323 e. The summed E-state index contributed by atoms with van der Waals surface area (Å²) in [7, 11) is 1.64. The number of carboxylic acids is 1. The van der Waals surface area contributed by atoms with E-state index in [0.717, 1.165) is 6.42 Å². The van der Waals surface area contributed by atoms with Gasteiger partial charge >= 0.3 is 5.97 Å². The van der Waals surface area contributed by atoms with E-state index >= 15 is 0 Å². The van der Waals surface area contributed by atoms with Crippen molar-refractivity contribution < 1.29 is 14.6 Å². The van der Waals surface area contributed by atoms with Gasteiger partial charge in [0.15, 0.2) is 5.82 Å². The molecule has 0 atom stereocenters. The smallest absolute Gasteiger partial charge is 0.323 e. The van der Waals surface area contributed by atoms with E-state index in [4.69, 9.17) is 9.84 Å². The fraction of sp³-hybridized carbons (Fsp3) is 0.500. The lowest BCUT2D eigenvalue weighted by molar-refractivity contribution is -0.135. The van der Waals surface area contributed by atoms with Crippen LogP contribution in [0.1, 0.15) is 13.3 Å². The van der Waals surface area contributed by atoms with Gasteiger partial charge in [0, 0.05) is 7.05 Å². The SMILES string of the molecule is CCCOc1cncc(N(C)CC(=O)O)n1. The molecular formula is C10H15N3O3. The predicted molar refractivity (Wildman–Crippen MR) is 58.7 cm³/mol. The maximum absolute atomic E-state index is 10.5. The van der Waals surface area contributed by atoms with Crippen LogP contribution in [0.5, 0.6) is 5.88 Å². The summed E-state index contributed by atoms with van der Waals surface area (Å²) in [5.74, 6) is -0.0169. The summed E-state index contributed by atoms with van der Waals surface area (Å²) in [6.07, 6.45) is 3.90. The summed E-state index contributed by atoms with van der Waals surface area (Å²) in [6.45, 7) is 2.44. The van der Waals surface area contributed by atoms with Crippen molar-refractivity contribution in [2.24, 2.45) is 0 Å². The average Bonchev–Trinajstić information content (AvgIpc) is 2.26. The number of carbonyl (C=O) groups is 1. The number of likely N-dealkylation sites (N-methyl/N-ethyl adjacent to an activating group) is 1. The zero-order chi connectivity index (χ0) is 12.0. The first-order chi connectivity index (χ1) is 7.63. The Morgan fingerprint density at radius 2 is 2.31 bits per heavy atom. The highest BCUT2D eigenvalue weighted by molar-refractivity contribution is 5.72. The molecule has 16 heavy (non-hydrogen) atoms. The molecule has 6 nitrogen and oxygen atoms in total. The van der Waals surface area contributed by atoms with E-state index in [1.54, 1.807) is 7.05 Å². The lowest BCUT2D eigenvalue weighted by Crippen LogP contribution is -2.26. The summed E-state index contributed by atoms with van der Waals surface area (Å²) >= 11 is 0. The van der Waals surface area contributed by atoms with Crippen molar-refractivity contribution in [1.29, 1.82) is 0 Å². The van der Waals surface area contributed by atoms with E-state index in [9.17, 15) is 4.79 Å². The van der Waals surface area contributed by atoms with E-state index in [1.807, 2.05) is 6.92 Å². The molecule has 0 amide bonds. The van der Waals surface area contributed by atoms with Gasteiger partial charge in [-0.1, -0.05) is 6.92 Å². The molecule has 0 aromatic carbocycles. The number of nitrogens with zero attached hydrogens (tertiary/aromatic N) is 3.